The van der Waals surface area contributed by atoms with Crippen molar-refractivity contribution in [3.8, 4) is 0 Å². The van der Waals surface area contributed by atoms with Crippen LogP contribution in [0.25, 0.3) is 0 Å². The number of benzene rings is 1. The lowest BCUT2D eigenvalue weighted by molar-refractivity contribution is 0.193. The predicted molar refractivity (Wildman–Crippen MR) is 77.5 cm³/mol. The van der Waals surface area contributed by atoms with Gasteiger partial charge < -0.3 is 10.4 Å². The summed E-state index contributed by atoms with van der Waals surface area (Å²) in [6.07, 6.45) is 1.09. The second-order valence-electron chi connectivity index (χ2n) is 5.79. The summed E-state index contributed by atoms with van der Waals surface area (Å²) in [6, 6.07) is 11.0. The summed E-state index contributed by atoms with van der Waals surface area (Å²) in [5, 5.41) is 13.1. The van der Waals surface area contributed by atoms with E-state index in [4.69, 9.17) is 0 Å². The number of aliphatic hydroxyl groups excluding tert-OH is 1. The van der Waals surface area contributed by atoms with E-state index >= 15 is 0 Å². The number of hydrogen-bond acceptors (Lipinski definition) is 2. The van der Waals surface area contributed by atoms with Gasteiger partial charge in [0.05, 0.1) is 6.61 Å². The lowest BCUT2D eigenvalue weighted by atomic mass is 9.94. The highest BCUT2D eigenvalue weighted by molar-refractivity contribution is 5.19. The average molecular weight is 249 g/mol. The quantitative estimate of drug-likeness (QED) is 0.776. The lowest BCUT2D eigenvalue weighted by Crippen LogP contribution is -2.40. The topological polar surface area (TPSA) is 32.3 Å². The fraction of sp³-hybridized carbons (Fsp3) is 0.625. The Balaban J connectivity index is 2.79. The SMILES string of the molecule is CC(C)CC(NC(CO)C(C)C)c1ccccc1. The molecule has 0 aliphatic rings. The van der Waals surface area contributed by atoms with Crippen molar-refractivity contribution in [1.29, 1.82) is 0 Å². The van der Waals surface area contributed by atoms with E-state index in [1.807, 2.05) is 6.07 Å². The van der Waals surface area contributed by atoms with Crippen molar-refractivity contribution in [2.45, 2.75) is 46.2 Å². The van der Waals surface area contributed by atoms with E-state index in [1.54, 1.807) is 0 Å². The Labute approximate surface area is 111 Å². The van der Waals surface area contributed by atoms with E-state index in [1.165, 1.54) is 5.56 Å². The maximum Gasteiger partial charge on any atom is 0.0587 e. The first kappa shape index (κ1) is 15.2. The Hall–Kier alpha value is -0.860. The van der Waals surface area contributed by atoms with Crippen LogP contribution in [0.5, 0.6) is 0 Å². The smallest absolute Gasteiger partial charge is 0.0587 e. The highest BCUT2D eigenvalue weighted by atomic mass is 16.3. The van der Waals surface area contributed by atoms with Gasteiger partial charge in [0.1, 0.15) is 0 Å². The molecule has 0 aliphatic carbocycles. The monoisotopic (exact) mass is 249 g/mol. The van der Waals surface area contributed by atoms with Crippen LogP contribution < -0.4 is 5.32 Å². The number of nitrogens with one attached hydrogen (secondary N) is 1. The number of rotatable bonds is 7. The van der Waals surface area contributed by atoms with E-state index < -0.39 is 0 Å². The molecule has 0 fully saturated rings. The summed E-state index contributed by atoms with van der Waals surface area (Å²) in [4.78, 5) is 0. The minimum Gasteiger partial charge on any atom is -0.395 e. The van der Waals surface area contributed by atoms with Gasteiger partial charge >= 0.3 is 0 Å². The van der Waals surface area contributed by atoms with Crippen molar-refractivity contribution in [3.63, 3.8) is 0 Å². The molecule has 1 aromatic rings. The first-order chi connectivity index (χ1) is 8.54. The summed E-state index contributed by atoms with van der Waals surface area (Å²) < 4.78 is 0. The normalized spacial score (nSPS) is 15.1. The molecule has 102 valence electrons. The van der Waals surface area contributed by atoms with E-state index in [2.05, 4.69) is 57.3 Å². The van der Waals surface area contributed by atoms with Gasteiger partial charge in [-0.2, -0.15) is 0 Å². The van der Waals surface area contributed by atoms with Crippen molar-refractivity contribution in [3.05, 3.63) is 35.9 Å². The molecule has 18 heavy (non-hydrogen) atoms. The van der Waals surface area contributed by atoms with Crippen molar-refractivity contribution < 1.29 is 5.11 Å². The van der Waals surface area contributed by atoms with Crippen LogP contribution in [-0.2, 0) is 0 Å². The van der Waals surface area contributed by atoms with Crippen LogP contribution in [0.4, 0.5) is 0 Å². The third-order valence-electron chi connectivity index (χ3n) is 3.33. The minimum atomic E-state index is 0.161. The standard InChI is InChI=1S/C16H27NO/c1-12(2)10-15(14-8-6-5-7-9-14)17-16(11-18)13(3)4/h5-9,12-13,15-18H,10-11H2,1-4H3. The molecular weight excluding hydrogens is 222 g/mol. The van der Waals surface area contributed by atoms with E-state index in [0.29, 0.717) is 17.9 Å². The zero-order valence-electron chi connectivity index (χ0n) is 12.1. The molecule has 2 nitrogen and oxygen atoms in total. The van der Waals surface area contributed by atoms with Crippen molar-refractivity contribution >= 4 is 0 Å². The van der Waals surface area contributed by atoms with Crippen LogP contribution >= 0.6 is 0 Å². The zero-order valence-corrected chi connectivity index (χ0v) is 12.1. The molecule has 0 saturated carbocycles. The summed E-state index contributed by atoms with van der Waals surface area (Å²) in [5.41, 5.74) is 1.31. The number of aliphatic hydroxyl groups is 1. The van der Waals surface area contributed by atoms with Crippen LogP contribution in [0.1, 0.15) is 45.7 Å². The Morgan fingerprint density at radius 2 is 1.67 bits per heavy atom. The fourth-order valence-electron chi connectivity index (χ4n) is 2.17. The molecule has 1 rings (SSSR count). The Bertz CT molecular complexity index is 321. The Kier molecular flexibility index (Phi) is 6.37. The maximum absolute atomic E-state index is 9.46. The molecular formula is C16H27NO. The zero-order chi connectivity index (χ0) is 13.5. The molecule has 2 N–H and O–H groups in total. The second kappa shape index (κ2) is 7.55. The molecule has 0 heterocycles. The second-order valence-corrected chi connectivity index (χ2v) is 5.79. The van der Waals surface area contributed by atoms with Gasteiger partial charge in [0, 0.05) is 12.1 Å². The Morgan fingerprint density at radius 3 is 2.11 bits per heavy atom. The largest absolute Gasteiger partial charge is 0.395 e. The minimum absolute atomic E-state index is 0.161. The van der Waals surface area contributed by atoms with Gasteiger partial charge in [-0.1, -0.05) is 58.0 Å². The maximum atomic E-state index is 9.46. The van der Waals surface area contributed by atoms with E-state index in [0.717, 1.165) is 6.42 Å². The summed E-state index contributed by atoms with van der Waals surface area (Å²) in [7, 11) is 0. The van der Waals surface area contributed by atoms with Gasteiger partial charge in [-0.3, -0.25) is 0 Å². The van der Waals surface area contributed by atoms with Gasteiger partial charge in [0.2, 0.25) is 0 Å². The molecule has 0 aliphatic heterocycles. The molecule has 0 amide bonds. The molecule has 0 bridgehead atoms. The molecule has 0 aromatic heterocycles. The van der Waals surface area contributed by atoms with Crippen molar-refractivity contribution in [2.75, 3.05) is 6.61 Å². The van der Waals surface area contributed by atoms with Gasteiger partial charge in [-0.05, 0) is 23.8 Å². The number of hydrogen-bond donors (Lipinski definition) is 2. The molecule has 0 saturated heterocycles. The van der Waals surface area contributed by atoms with Gasteiger partial charge in [-0.25, -0.2) is 0 Å². The van der Waals surface area contributed by atoms with Gasteiger partial charge in [0.15, 0.2) is 0 Å². The van der Waals surface area contributed by atoms with Crippen LogP contribution in [0.3, 0.4) is 0 Å². The highest BCUT2D eigenvalue weighted by Crippen LogP contribution is 2.22. The Morgan fingerprint density at radius 1 is 1.06 bits per heavy atom. The molecule has 0 spiro atoms. The summed E-state index contributed by atoms with van der Waals surface area (Å²) >= 11 is 0. The van der Waals surface area contributed by atoms with Gasteiger partial charge in [0.25, 0.3) is 0 Å². The highest BCUT2D eigenvalue weighted by Gasteiger charge is 2.19. The third-order valence-corrected chi connectivity index (χ3v) is 3.33. The average Bonchev–Trinajstić information content (AvgIpc) is 2.34. The van der Waals surface area contributed by atoms with E-state index in [-0.39, 0.29) is 12.6 Å². The van der Waals surface area contributed by atoms with E-state index in [9.17, 15) is 5.11 Å². The lowest BCUT2D eigenvalue weighted by Gasteiger charge is -2.28. The van der Waals surface area contributed by atoms with Crippen LogP contribution in [-0.4, -0.2) is 17.8 Å². The summed E-state index contributed by atoms with van der Waals surface area (Å²) in [6.45, 7) is 8.96. The first-order valence-electron chi connectivity index (χ1n) is 6.96. The first-order valence-corrected chi connectivity index (χ1v) is 6.96. The fourth-order valence-corrected chi connectivity index (χ4v) is 2.17. The molecule has 2 heteroatoms. The van der Waals surface area contributed by atoms with Gasteiger partial charge in [-0.15, -0.1) is 0 Å². The molecule has 2 atom stereocenters. The summed E-state index contributed by atoms with van der Waals surface area (Å²) in [5.74, 6) is 1.07. The molecule has 2 unspecified atom stereocenters. The van der Waals surface area contributed by atoms with Crippen LogP contribution in [0.2, 0.25) is 0 Å². The molecule has 0 radical (unpaired) electrons. The van der Waals surface area contributed by atoms with Crippen molar-refractivity contribution in [2.24, 2.45) is 11.8 Å². The van der Waals surface area contributed by atoms with Crippen LogP contribution in [0.15, 0.2) is 30.3 Å². The predicted octanol–water partition coefficient (Wildman–Crippen LogP) is 3.38. The third kappa shape index (κ3) is 4.79. The van der Waals surface area contributed by atoms with Crippen LogP contribution in [0, 0.1) is 11.8 Å². The van der Waals surface area contributed by atoms with Crippen molar-refractivity contribution in [1.82, 2.24) is 5.32 Å². The molecule has 1 aromatic carbocycles.